The summed E-state index contributed by atoms with van der Waals surface area (Å²) in [5.41, 5.74) is 0.602. The van der Waals surface area contributed by atoms with E-state index in [0.29, 0.717) is 23.1 Å². The predicted molar refractivity (Wildman–Crippen MR) is 74.2 cm³/mol. The van der Waals surface area contributed by atoms with Crippen LogP contribution in [0.2, 0.25) is 0 Å². The van der Waals surface area contributed by atoms with E-state index in [0.717, 1.165) is 0 Å². The third kappa shape index (κ3) is 3.44. The van der Waals surface area contributed by atoms with E-state index in [4.69, 9.17) is 9.84 Å². The molecule has 20 heavy (non-hydrogen) atoms. The first-order chi connectivity index (χ1) is 9.56. The molecule has 0 aliphatic carbocycles. The van der Waals surface area contributed by atoms with E-state index in [9.17, 15) is 4.79 Å². The molecule has 1 aromatic carbocycles. The molecule has 2 rings (SSSR count). The van der Waals surface area contributed by atoms with Gasteiger partial charge in [-0.3, -0.25) is 4.79 Å². The maximum absolute atomic E-state index is 10.8. The molecular weight excluding hydrogens is 258 g/mol. The lowest BCUT2D eigenvalue weighted by Gasteiger charge is -2.12. The molecule has 0 atom stereocenters. The average Bonchev–Trinajstić information content (AvgIpc) is 2.41. The van der Waals surface area contributed by atoms with Crippen LogP contribution in [0, 0.1) is 0 Å². The number of nitrogens with zero attached hydrogens (tertiary/aromatic N) is 3. The van der Waals surface area contributed by atoms with E-state index in [2.05, 4.69) is 9.97 Å². The predicted octanol–water partition coefficient (Wildman–Crippen LogP) is 1.96. The summed E-state index contributed by atoms with van der Waals surface area (Å²) in [5.74, 6) is 0.482. The SMILES string of the molecule is CN(C)c1nccc(Oc2ccccc2CC(=O)O)n1. The summed E-state index contributed by atoms with van der Waals surface area (Å²) < 4.78 is 5.66. The Kier molecular flexibility index (Phi) is 4.14. The molecule has 6 heteroatoms. The van der Waals surface area contributed by atoms with Crippen molar-refractivity contribution in [2.45, 2.75) is 6.42 Å². The molecule has 0 aliphatic heterocycles. The number of carboxylic acid groups (broad SMARTS) is 1. The summed E-state index contributed by atoms with van der Waals surface area (Å²) in [6, 6.07) is 8.63. The van der Waals surface area contributed by atoms with Crippen LogP contribution < -0.4 is 9.64 Å². The standard InChI is InChI=1S/C14H15N3O3/c1-17(2)14-15-8-7-12(16-14)20-11-6-4-3-5-10(11)9-13(18)19/h3-8H,9H2,1-2H3,(H,18,19). The van der Waals surface area contributed by atoms with Crippen molar-refractivity contribution in [3.63, 3.8) is 0 Å². The van der Waals surface area contributed by atoms with E-state index in [1.54, 1.807) is 41.4 Å². The second kappa shape index (κ2) is 6.01. The Hall–Kier alpha value is -2.63. The Morgan fingerprint density at radius 3 is 2.75 bits per heavy atom. The van der Waals surface area contributed by atoms with E-state index in [-0.39, 0.29) is 6.42 Å². The van der Waals surface area contributed by atoms with Crippen LogP contribution in [0.15, 0.2) is 36.5 Å². The summed E-state index contributed by atoms with van der Waals surface area (Å²) in [6.45, 7) is 0. The van der Waals surface area contributed by atoms with Crippen molar-refractivity contribution in [2.24, 2.45) is 0 Å². The molecule has 6 nitrogen and oxygen atoms in total. The number of hydrogen-bond acceptors (Lipinski definition) is 5. The van der Waals surface area contributed by atoms with Crippen LogP contribution in [0.25, 0.3) is 0 Å². The molecular formula is C14H15N3O3. The molecule has 0 saturated carbocycles. The van der Waals surface area contributed by atoms with Crippen LogP contribution in [0.3, 0.4) is 0 Å². The summed E-state index contributed by atoms with van der Waals surface area (Å²) >= 11 is 0. The van der Waals surface area contributed by atoms with E-state index < -0.39 is 5.97 Å². The molecule has 0 unspecified atom stereocenters. The topological polar surface area (TPSA) is 75.6 Å². The lowest BCUT2D eigenvalue weighted by molar-refractivity contribution is -0.136. The summed E-state index contributed by atoms with van der Waals surface area (Å²) in [5, 5.41) is 8.89. The number of hydrogen-bond donors (Lipinski definition) is 1. The molecule has 1 aromatic heterocycles. The number of para-hydroxylation sites is 1. The third-order valence-electron chi connectivity index (χ3n) is 2.55. The van der Waals surface area contributed by atoms with Crippen molar-refractivity contribution in [3.8, 4) is 11.6 Å². The minimum Gasteiger partial charge on any atom is -0.481 e. The zero-order valence-corrected chi connectivity index (χ0v) is 11.3. The fourth-order valence-electron chi connectivity index (χ4n) is 1.63. The normalized spacial score (nSPS) is 10.1. The van der Waals surface area contributed by atoms with E-state index in [1.165, 1.54) is 0 Å². The maximum Gasteiger partial charge on any atom is 0.307 e. The van der Waals surface area contributed by atoms with Gasteiger partial charge in [0, 0.05) is 31.9 Å². The van der Waals surface area contributed by atoms with Crippen molar-refractivity contribution in [2.75, 3.05) is 19.0 Å². The average molecular weight is 273 g/mol. The molecule has 104 valence electrons. The minimum atomic E-state index is -0.905. The van der Waals surface area contributed by atoms with Gasteiger partial charge in [0.05, 0.1) is 6.42 Å². The number of carbonyl (C=O) groups is 1. The largest absolute Gasteiger partial charge is 0.481 e. The Balaban J connectivity index is 2.25. The van der Waals surface area contributed by atoms with Gasteiger partial charge in [0.2, 0.25) is 11.8 Å². The molecule has 0 saturated heterocycles. The highest BCUT2D eigenvalue weighted by atomic mass is 16.5. The number of aromatic nitrogens is 2. The Bertz CT molecular complexity index is 614. The minimum absolute atomic E-state index is 0.0954. The maximum atomic E-state index is 10.8. The van der Waals surface area contributed by atoms with Crippen LogP contribution in [-0.4, -0.2) is 35.1 Å². The Morgan fingerprint density at radius 2 is 2.05 bits per heavy atom. The van der Waals surface area contributed by atoms with Gasteiger partial charge in [-0.1, -0.05) is 18.2 Å². The van der Waals surface area contributed by atoms with Gasteiger partial charge in [0.25, 0.3) is 0 Å². The van der Waals surface area contributed by atoms with Gasteiger partial charge in [-0.05, 0) is 6.07 Å². The molecule has 2 aromatic rings. The van der Waals surface area contributed by atoms with Gasteiger partial charge >= 0.3 is 5.97 Å². The molecule has 0 bridgehead atoms. The monoisotopic (exact) mass is 273 g/mol. The second-order valence-corrected chi connectivity index (χ2v) is 4.37. The Labute approximate surface area is 116 Å². The second-order valence-electron chi connectivity index (χ2n) is 4.37. The first-order valence-corrected chi connectivity index (χ1v) is 6.04. The zero-order valence-electron chi connectivity index (χ0n) is 11.3. The smallest absolute Gasteiger partial charge is 0.307 e. The number of aliphatic carboxylic acids is 1. The molecule has 0 radical (unpaired) electrons. The fourth-order valence-corrected chi connectivity index (χ4v) is 1.63. The van der Waals surface area contributed by atoms with Crippen LogP contribution in [0.4, 0.5) is 5.95 Å². The molecule has 0 fully saturated rings. The van der Waals surface area contributed by atoms with E-state index in [1.807, 2.05) is 14.1 Å². The van der Waals surface area contributed by atoms with Crippen LogP contribution in [0.5, 0.6) is 11.6 Å². The fraction of sp³-hybridized carbons (Fsp3) is 0.214. The highest BCUT2D eigenvalue weighted by Gasteiger charge is 2.09. The Morgan fingerprint density at radius 1 is 1.30 bits per heavy atom. The third-order valence-corrected chi connectivity index (χ3v) is 2.55. The highest BCUT2D eigenvalue weighted by molar-refractivity contribution is 5.71. The van der Waals surface area contributed by atoms with Crippen molar-refractivity contribution < 1.29 is 14.6 Å². The van der Waals surface area contributed by atoms with Crippen molar-refractivity contribution in [1.82, 2.24) is 9.97 Å². The zero-order chi connectivity index (χ0) is 14.5. The summed E-state index contributed by atoms with van der Waals surface area (Å²) in [6.07, 6.45) is 1.50. The lowest BCUT2D eigenvalue weighted by atomic mass is 10.1. The van der Waals surface area contributed by atoms with E-state index >= 15 is 0 Å². The van der Waals surface area contributed by atoms with Crippen LogP contribution in [0.1, 0.15) is 5.56 Å². The number of anilines is 1. The molecule has 1 heterocycles. The molecule has 1 N–H and O–H groups in total. The number of ether oxygens (including phenoxy) is 1. The number of benzene rings is 1. The summed E-state index contributed by atoms with van der Waals surface area (Å²) in [7, 11) is 3.66. The highest BCUT2D eigenvalue weighted by Crippen LogP contribution is 2.24. The number of carboxylic acids is 1. The molecule has 0 aliphatic rings. The van der Waals surface area contributed by atoms with Crippen molar-refractivity contribution in [1.29, 1.82) is 0 Å². The van der Waals surface area contributed by atoms with Crippen molar-refractivity contribution in [3.05, 3.63) is 42.1 Å². The quantitative estimate of drug-likeness (QED) is 0.897. The lowest BCUT2D eigenvalue weighted by Crippen LogP contribution is -2.12. The van der Waals surface area contributed by atoms with Gasteiger partial charge < -0.3 is 14.7 Å². The summed E-state index contributed by atoms with van der Waals surface area (Å²) in [4.78, 5) is 20.9. The van der Waals surface area contributed by atoms with Gasteiger partial charge in [0.1, 0.15) is 5.75 Å². The number of rotatable bonds is 5. The van der Waals surface area contributed by atoms with Gasteiger partial charge in [-0.2, -0.15) is 4.98 Å². The van der Waals surface area contributed by atoms with Gasteiger partial charge in [0.15, 0.2) is 0 Å². The van der Waals surface area contributed by atoms with Crippen LogP contribution in [-0.2, 0) is 11.2 Å². The van der Waals surface area contributed by atoms with Crippen LogP contribution >= 0.6 is 0 Å². The molecule has 0 amide bonds. The van der Waals surface area contributed by atoms with Gasteiger partial charge in [-0.25, -0.2) is 4.98 Å². The van der Waals surface area contributed by atoms with Gasteiger partial charge in [-0.15, -0.1) is 0 Å². The first-order valence-electron chi connectivity index (χ1n) is 6.04. The first kappa shape index (κ1) is 13.8. The molecule has 0 spiro atoms. The van der Waals surface area contributed by atoms with Crippen molar-refractivity contribution >= 4 is 11.9 Å².